The lowest BCUT2D eigenvalue weighted by molar-refractivity contribution is -0.131. The number of hydrogen-bond donors (Lipinski definition) is 1. The molecule has 0 bridgehead atoms. The Labute approximate surface area is 108 Å². The van der Waals surface area contributed by atoms with Crippen LogP contribution in [0.15, 0.2) is 18.5 Å². The summed E-state index contributed by atoms with van der Waals surface area (Å²) in [7, 11) is 0. The molecular weight excluding hydrogens is 228 g/mol. The molecule has 1 saturated heterocycles. The van der Waals surface area contributed by atoms with Crippen molar-refractivity contribution in [2.24, 2.45) is 0 Å². The molecule has 1 N–H and O–H groups in total. The van der Waals surface area contributed by atoms with Crippen LogP contribution < -0.4 is 5.32 Å². The summed E-state index contributed by atoms with van der Waals surface area (Å²) in [5, 5.41) is 7.50. The number of aromatic nitrogens is 2. The lowest BCUT2D eigenvalue weighted by atomic mass is 10.2. The fourth-order valence-corrected chi connectivity index (χ4v) is 2.47. The molecule has 1 aliphatic rings. The first kappa shape index (κ1) is 13.1. The van der Waals surface area contributed by atoms with Gasteiger partial charge in [0.2, 0.25) is 5.91 Å². The highest BCUT2D eigenvalue weighted by molar-refractivity contribution is 5.84. The minimum atomic E-state index is -0.00919. The van der Waals surface area contributed by atoms with Crippen molar-refractivity contribution in [3.05, 3.63) is 18.5 Å². The first-order chi connectivity index (χ1) is 8.58. The lowest BCUT2D eigenvalue weighted by Crippen LogP contribution is -2.45. The van der Waals surface area contributed by atoms with E-state index in [0.29, 0.717) is 6.04 Å². The number of carbonyl (C=O) groups excluding carboxylic acids is 1. The second-order valence-electron chi connectivity index (χ2n) is 5.27. The van der Waals surface area contributed by atoms with Gasteiger partial charge in [-0.25, -0.2) is 0 Å². The van der Waals surface area contributed by atoms with Crippen molar-refractivity contribution in [3.8, 4) is 0 Å². The molecule has 5 heteroatoms. The smallest absolute Gasteiger partial charge is 0.240 e. The Hall–Kier alpha value is -1.36. The van der Waals surface area contributed by atoms with Crippen molar-refractivity contribution in [3.63, 3.8) is 0 Å². The van der Waals surface area contributed by atoms with Crippen LogP contribution in [0.4, 0.5) is 0 Å². The van der Waals surface area contributed by atoms with E-state index in [-0.39, 0.29) is 18.0 Å². The van der Waals surface area contributed by atoms with Crippen LogP contribution >= 0.6 is 0 Å². The first-order valence-corrected chi connectivity index (χ1v) is 6.62. The van der Waals surface area contributed by atoms with Gasteiger partial charge in [-0.2, -0.15) is 5.10 Å². The highest BCUT2D eigenvalue weighted by Crippen LogP contribution is 2.16. The van der Waals surface area contributed by atoms with E-state index in [4.69, 9.17) is 0 Å². The summed E-state index contributed by atoms with van der Waals surface area (Å²) in [5.41, 5.74) is 0. The summed E-state index contributed by atoms with van der Waals surface area (Å²) >= 11 is 0. The fraction of sp³-hybridized carbons (Fsp3) is 0.692. The van der Waals surface area contributed by atoms with Crippen LogP contribution in [0.25, 0.3) is 0 Å². The quantitative estimate of drug-likeness (QED) is 0.843. The van der Waals surface area contributed by atoms with E-state index >= 15 is 0 Å². The first-order valence-electron chi connectivity index (χ1n) is 6.62. The van der Waals surface area contributed by atoms with Gasteiger partial charge in [0.05, 0.1) is 12.6 Å². The molecule has 2 heterocycles. The zero-order valence-electron chi connectivity index (χ0n) is 11.3. The monoisotopic (exact) mass is 250 g/mol. The molecule has 0 aromatic carbocycles. The van der Waals surface area contributed by atoms with Crippen LogP contribution in [0.3, 0.4) is 0 Å². The number of nitrogens with one attached hydrogen (secondary N) is 1. The number of nitrogens with zero attached hydrogens (tertiary/aromatic N) is 3. The van der Waals surface area contributed by atoms with Crippen molar-refractivity contribution in [2.75, 3.05) is 6.54 Å². The third-order valence-corrected chi connectivity index (χ3v) is 3.32. The van der Waals surface area contributed by atoms with E-state index in [2.05, 4.69) is 31.2 Å². The summed E-state index contributed by atoms with van der Waals surface area (Å²) in [6.45, 7) is 7.82. The molecule has 1 amide bonds. The molecular formula is C13H22N4O. The molecule has 100 valence electrons. The predicted octanol–water partition coefficient (Wildman–Crippen LogP) is 0.870. The van der Waals surface area contributed by atoms with E-state index in [1.807, 2.05) is 21.8 Å². The summed E-state index contributed by atoms with van der Waals surface area (Å²) in [4.78, 5) is 14.2. The van der Waals surface area contributed by atoms with Gasteiger partial charge in [-0.05, 0) is 19.4 Å². The molecule has 2 unspecified atom stereocenters. The van der Waals surface area contributed by atoms with Gasteiger partial charge in [0, 0.05) is 31.0 Å². The molecule has 0 spiro atoms. The summed E-state index contributed by atoms with van der Waals surface area (Å²) in [6.07, 6.45) is 4.60. The molecule has 1 aliphatic heterocycles. The van der Waals surface area contributed by atoms with Crippen LogP contribution in [0.5, 0.6) is 0 Å². The molecule has 2 rings (SSSR count). The van der Waals surface area contributed by atoms with Gasteiger partial charge in [-0.1, -0.05) is 13.8 Å². The average molecular weight is 250 g/mol. The molecule has 18 heavy (non-hydrogen) atoms. The molecule has 0 radical (unpaired) electrons. The molecule has 0 saturated carbocycles. The summed E-state index contributed by atoms with van der Waals surface area (Å²) in [6, 6.07) is 2.43. The van der Waals surface area contributed by atoms with Crippen molar-refractivity contribution in [2.45, 2.75) is 51.9 Å². The fourth-order valence-electron chi connectivity index (χ4n) is 2.47. The van der Waals surface area contributed by atoms with Gasteiger partial charge in [0.1, 0.15) is 0 Å². The minimum absolute atomic E-state index is 0.00919. The average Bonchev–Trinajstić information content (AvgIpc) is 2.90. The Balaban J connectivity index is 1.92. The zero-order chi connectivity index (χ0) is 13.1. The number of hydrogen-bond acceptors (Lipinski definition) is 3. The maximum atomic E-state index is 12.2. The highest BCUT2D eigenvalue weighted by atomic mass is 16.2. The summed E-state index contributed by atoms with van der Waals surface area (Å²) < 4.78 is 1.88. The normalized spacial score (nSPS) is 21.9. The minimum Gasteiger partial charge on any atom is -0.337 e. The molecule has 1 fully saturated rings. The van der Waals surface area contributed by atoms with Crippen LogP contribution in [0, 0.1) is 0 Å². The number of carbonyl (C=O) groups is 1. The zero-order valence-corrected chi connectivity index (χ0v) is 11.3. The second kappa shape index (κ2) is 5.52. The standard InChI is InChI=1S/C13H22N4O/c1-10(2)15-12-5-8-17(13(12)18)11(3)9-16-7-4-6-14-16/h4,6-7,10-12,15H,5,8-9H2,1-3H3. The molecule has 1 aromatic heterocycles. The lowest BCUT2D eigenvalue weighted by Gasteiger charge is -2.25. The van der Waals surface area contributed by atoms with Crippen LogP contribution in [-0.2, 0) is 11.3 Å². The van der Waals surface area contributed by atoms with Crippen LogP contribution in [0.2, 0.25) is 0 Å². The van der Waals surface area contributed by atoms with E-state index in [1.165, 1.54) is 0 Å². The third kappa shape index (κ3) is 2.90. The van der Waals surface area contributed by atoms with E-state index in [1.54, 1.807) is 6.20 Å². The van der Waals surface area contributed by atoms with Crippen molar-refractivity contribution < 1.29 is 4.79 Å². The third-order valence-electron chi connectivity index (χ3n) is 3.32. The van der Waals surface area contributed by atoms with E-state index < -0.39 is 0 Å². The SMILES string of the molecule is CC(C)NC1CCN(C(C)Cn2cccn2)C1=O. The van der Waals surface area contributed by atoms with Crippen molar-refractivity contribution in [1.29, 1.82) is 0 Å². The predicted molar refractivity (Wildman–Crippen MR) is 70.1 cm³/mol. The largest absolute Gasteiger partial charge is 0.337 e. The Morgan fingerprint density at radius 2 is 2.28 bits per heavy atom. The molecule has 1 aromatic rings. The number of amides is 1. The van der Waals surface area contributed by atoms with Crippen molar-refractivity contribution >= 4 is 5.91 Å². The second-order valence-corrected chi connectivity index (χ2v) is 5.27. The van der Waals surface area contributed by atoms with E-state index in [0.717, 1.165) is 19.5 Å². The Morgan fingerprint density at radius 3 is 2.89 bits per heavy atom. The van der Waals surface area contributed by atoms with Gasteiger partial charge in [0.25, 0.3) is 0 Å². The van der Waals surface area contributed by atoms with Crippen LogP contribution in [-0.4, -0.2) is 45.3 Å². The maximum absolute atomic E-state index is 12.2. The Kier molecular flexibility index (Phi) is 4.01. The van der Waals surface area contributed by atoms with E-state index in [9.17, 15) is 4.79 Å². The Morgan fingerprint density at radius 1 is 1.50 bits per heavy atom. The van der Waals surface area contributed by atoms with Gasteiger partial charge in [-0.15, -0.1) is 0 Å². The maximum Gasteiger partial charge on any atom is 0.240 e. The van der Waals surface area contributed by atoms with Gasteiger partial charge < -0.3 is 10.2 Å². The van der Waals surface area contributed by atoms with Gasteiger partial charge >= 0.3 is 0 Å². The highest BCUT2D eigenvalue weighted by Gasteiger charge is 2.34. The topological polar surface area (TPSA) is 50.2 Å². The molecule has 5 nitrogen and oxygen atoms in total. The van der Waals surface area contributed by atoms with Gasteiger partial charge in [0.15, 0.2) is 0 Å². The molecule has 0 aliphatic carbocycles. The number of rotatable bonds is 5. The summed E-state index contributed by atoms with van der Waals surface area (Å²) in [5.74, 6) is 0.225. The molecule has 2 atom stereocenters. The van der Waals surface area contributed by atoms with Crippen molar-refractivity contribution in [1.82, 2.24) is 20.0 Å². The number of likely N-dealkylation sites (tertiary alicyclic amines) is 1. The van der Waals surface area contributed by atoms with Gasteiger partial charge in [-0.3, -0.25) is 9.48 Å². The Bertz CT molecular complexity index is 388. The van der Waals surface area contributed by atoms with Crippen LogP contribution in [0.1, 0.15) is 27.2 Å².